The third kappa shape index (κ3) is 8.19. The highest BCUT2D eigenvalue weighted by atomic mass is 16.6. The second-order valence-corrected chi connectivity index (χ2v) is 10.5. The summed E-state index contributed by atoms with van der Waals surface area (Å²) < 4.78 is 16.5. The Hall–Kier alpha value is -4.62. The van der Waals surface area contributed by atoms with Crippen LogP contribution in [0.25, 0.3) is 10.9 Å². The normalized spacial score (nSPS) is 13.3. The Morgan fingerprint density at radius 1 is 1.12 bits per heavy atom. The van der Waals surface area contributed by atoms with Crippen molar-refractivity contribution in [3.63, 3.8) is 0 Å². The van der Waals surface area contributed by atoms with Gasteiger partial charge in [0.1, 0.15) is 30.1 Å². The van der Waals surface area contributed by atoms with Gasteiger partial charge in [-0.15, -0.1) is 6.42 Å². The van der Waals surface area contributed by atoms with Crippen LogP contribution in [0.3, 0.4) is 0 Å². The van der Waals surface area contributed by atoms with Gasteiger partial charge in [-0.1, -0.05) is 17.6 Å². The van der Waals surface area contributed by atoms with Gasteiger partial charge in [-0.3, -0.25) is 4.79 Å². The molecular formula is C31H35N5O5. The zero-order valence-electron chi connectivity index (χ0n) is 23.8. The molecule has 0 atom stereocenters. The van der Waals surface area contributed by atoms with E-state index >= 15 is 0 Å². The fourth-order valence-electron chi connectivity index (χ4n) is 4.26. The first-order chi connectivity index (χ1) is 19.6. The van der Waals surface area contributed by atoms with Crippen LogP contribution in [0.2, 0.25) is 0 Å². The number of piperidine rings is 1. The molecule has 1 saturated heterocycles. The molecule has 0 saturated carbocycles. The maximum atomic E-state index is 13.1. The number of rotatable bonds is 8. The first-order valence-corrected chi connectivity index (χ1v) is 13.4. The molecule has 0 aliphatic carbocycles. The Balaban J connectivity index is 1.54. The summed E-state index contributed by atoms with van der Waals surface area (Å²) in [6, 6.07) is 11.0. The number of terminal acetylenes is 1. The molecule has 10 nitrogen and oxygen atoms in total. The van der Waals surface area contributed by atoms with Gasteiger partial charge < -0.3 is 29.7 Å². The number of benzene rings is 2. The lowest BCUT2D eigenvalue weighted by Gasteiger charge is -2.30. The summed E-state index contributed by atoms with van der Waals surface area (Å²) in [7, 11) is 1.59. The van der Waals surface area contributed by atoms with Gasteiger partial charge in [0.25, 0.3) is 0 Å². The molecule has 2 N–H and O–H groups in total. The lowest BCUT2D eigenvalue weighted by atomic mass is 10.0. The number of nitrogens with one attached hydrogen (secondary N) is 2. The maximum Gasteiger partial charge on any atom is 0.410 e. The highest BCUT2D eigenvalue weighted by Crippen LogP contribution is 2.33. The molecule has 1 fully saturated rings. The molecule has 0 unspecified atom stereocenters. The van der Waals surface area contributed by atoms with Crippen LogP contribution in [0.4, 0.5) is 22.0 Å². The number of aromatic nitrogens is 2. The standard InChI is InChI=1S/C31H35N5O5/c1-6-21-8-7-9-23(16-21)34-29-24-18-26(27(40-15-14-39-5)19-25(24)32-20-33-29)35-28(37)17-22-10-12-36(13-11-22)30(38)41-31(2,3)4/h1,7-9,16-20H,10-15H2,2-5H3,(H,35,37)(H,32,33,34). The van der Waals surface area contributed by atoms with E-state index in [-0.39, 0.29) is 12.0 Å². The van der Waals surface area contributed by atoms with E-state index in [1.807, 2.05) is 45.0 Å². The number of carbonyl (C=O) groups excluding carboxylic acids is 2. The fraction of sp³-hybridized carbons (Fsp3) is 0.355. The van der Waals surface area contributed by atoms with E-state index in [0.29, 0.717) is 67.3 Å². The molecule has 3 aromatic rings. The molecular weight excluding hydrogens is 522 g/mol. The molecule has 41 heavy (non-hydrogen) atoms. The number of hydrogen-bond acceptors (Lipinski definition) is 8. The van der Waals surface area contributed by atoms with Crippen molar-refractivity contribution in [2.45, 2.75) is 39.2 Å². The third-order valence-electron chi connectivity index (χ3n) is 6.22. The van der Waals surface area contributed by atoms with Crippen LogP contribution in [0, 0.1) is 12.3 Å². The average molecular weight is 558 g/mol. The summed E-state index contributed by atoms with van der Waals surface area (Å²) in [4.78, 5) is 36.0. The Morgan fingerprint density at radius 2 is 1.90 bits per heavy atom. The summed E-state index contributed by atoms with van der Waals surface area (Å²) in [6.45, 7) is 7.17. The van der Waals surface area contributed by atoms with E-state index < -0.39 is 5.60 Å². The number of likely N-dealkylation sites (tertiary alicyclic amines) is 1. The number of amides is 2. The largest absolute Gasteiger partial charge is 0.489 e. The highest BCUT2D eigenvalue weighted by Gasteiger charge is 2.25. The van der Waals surface area contributed by atoms with Crippen molar-refractivity contribution in [2.75, 3.05) is 44.0 Å². The Kier molecular flexibility index (Phi) is 9.42. The van der Waals surface area contributed by atoms with Gasteiger partial charge in [-0.2, -0.15) is 0 Å². The molecule has 0 radical (unpaired) electrons. The number of hydrogen-bond donors (Lipinski definition) is 2. The summed E-state index contributed by atoms with van der Waals surface area (Å²) >= 11 is 0. The van der Waals surface area contributed by atoms with Crippen LogP contribution in [0.5, 0.6) is 5.75 Å². The molecule has 214 valence electrons. The quantitative estimate of drug-likeness (QED) is 0.219. The van der Waals surface area contributed by atoms with Gasteiger partial charge in [0.05, 0.1) is 17.8 Å². The zero-order valence-corrected chi connectivity index (χ0v) is 23.8. The number of anilines is 3. The van der Waals surface area contributed by atoms with Crippen molar-refractivity contribution in [3.8, 4) is 18.1 Å². The summed E-state index contributed by atoms with van der Waals surface area (Å²) in [6.07, 6.45) is 9.42. The third-order valence-corrected chi connectivity index (χ3v) is 6.22. The molecule has 2 heterocycles. The number of carbonyl (C=O) groups is 2. The van der Waals surface area contributed by atoms with Crippen LogP contribution in [0.15, 0.2) is 54.4 Å². The summed E-state index contributed by atoms with van der Waals surface area (Å²) in [5.41, 5.74) is 3.01. The molecule has 0 bridgehead atoms. The minimum atomic E-state index is -0.553. The first kappa shape index (κ1) is 29.4. The van der Waals surface area contributed by atoms with Crippen molar-refractivity contribution >= 4 is 40.1 Å². The second kappa shape index (κ2) is 13.2. The van der Waals surface area contributed by atoms with E-state index in [2.05, 4.69) is 26.5 Å². The van der Waals surface area contributed by atoms with Crippen molar-refractivity contribution in [2.24, 2.45) is 0 Å². The van der Waals surface area contributed by atoms with Crippen LogP contribution < -0.4 is 15.4 Å². The van der Waals surface area contributed by atoms with E-state index in [0.717, 1.165) is 16.8 Å². The fourth-order valence-corrected chi connectivity index (χ4v) is 4.26. The van der Waals surface area contributed by atoms with E-state index in [4.69, 9.17) is 20.6 Å². The number of fused-ring (bicyclic) bond motifs is 1. The lowest BCUT2D eigenvalue weighted by Crippen LogP contribution is -2.40. The van der Waals surface area contributed by atoms with Gasteiger partial charge in [0.2, 0.25) is 5.91 Å². The lowest BCUT2D eigenvalue weighted by molar-refractivity contribution is -0.112. The molecule has 0 spiro atoms. The predicted octanol–water partition coefficient (Wildman–Crippen LogP) is 5.28. The Morgan fingerprint density at radius 3 is 2.61 bits per heavy atom. The SMILES string of the molecule is C#Cc1cccc(Nc2ncnc3cc(OCCOC)c(NC(=O)C=C4CCN(C(=O)OC(C)(C)C)CC4)cc23)c1. The smallest absolute Gasteiger partial charge is 0.410 e. The Bertz CT molecular complexity index is 1480. The topological polar surface area (TPSA) is 115 Å². The van der Waals surface area contributed by atoms with E-state index in [1.54, 1.807) is 30.2 Å². The van der Waals surface area contributed by atoms with Gasteiger partial charge in [0, 0.05) is 49.0 Å². The molecule has 1 aliphatic rings. The van der Waals surface area contributed by atoms with E-state index in [1.165, 1.54) is 6.33 Å². The number of ether oxygens (including phenoxy) is 3. The van der Waals surface area contributed by atoms with Crippen molar-refractivity contribution in [3.05, 3.63) is 59.9 Å². The summed E-state index contributed by atoms with van der Waals surface area (Å²) in [5, 5.41) is 6.93. The molecule has 10 heteroatoms. The van der Waals surface area contributed by atoms with Gasteiger partial charge in [0.15, 0.2) is 0 Å². The molecule has 1 aliphatic heterocycles. The van der Waals surface area contributed by atoms with Gasteiger partial charge in [-0.05, 0) is 57.9 Å². The Labute approximate surface area is 240 Å². The van der Waals surface area contributed by atoms with Crippen molar-refractivity contribution in [1.29, 1.82) is 0 Å². The van der Waals surface area contributed by atoms with Gasteiger partial charge >= 0.3 is 6.09 Å². The molecule has 1 aromatic heterocycles. The molecule has 4 rings (SSSR count). The first-order valence-electron chi connectivity index (χ1n) is 13.4. The predicted molar refractivity (Wildman–Crippen MR) is 158 cm³/mol. The minimum absolute atomic E-state index is 0.293. The van der Waals surface area contributed by atoms with Crippen molar-refractivity contribution in [1.82, 2.24) is 14.9 Å². The number of methoxy groups -OCH3 is 1. The number of nitrogens with zero attached hydrogens (tertiary/aromatic N) is 3. The van der Waals surface area contributed by atoms with Crippen molar-refractivity contribution < 1.29 is 23.8 Å². The minimum Gasteiger partial charge on any atom is -0.489 e. The van der Waals surface area contributed by atoms with E-state index in [9.17, 15) is 9.59 Å². The van der Waals surface area contributed by atoms with Crippen LogP contribution in [-0.4, -0.2) is 65.9 Å². The van der Waals surface area contributed by atoms with Crippen LogP contribution >= 0.6 is 0 Å². The monoisotopic (exact) mass is 557 g/mol. The zero-order chi connectivity index (χ0) is 29.4. The highest BCUT2D eigenvalue weighted by molar-refractivity contribution is 6.04. The van der Waals surface area contributed by atoms with Crippen LogP contribution in [0.1, 0.15) is 39.2 Å². The second-order valence-electron chi connectivity index (χ2n) is 10.5. The molecule has 2 amide bonds. The van der Waals surface area contributed by atoms with Crippen LogP contribution in [-0.2, 0) is 14.3 Å². The maximum absolute atomic E-state index is 13.1. The average Bonchev–Trinajstić information content (AvgIpc) is 2.93. The molecule has 2 aromatic carbocycles. The summed E-state index contributed by atoms with van der Waals surface area (Å²) in [5.74, 6) is 3.34. The van der Waals surface area contributed by atoms with Gasteiger partial charge in [-0.25, -0.2) is 14.8 Å².